The molecule has 6 nitrogen and oxygen atoms in total. The first kappa shape index (κ1) is 19.3. The molecule has 1 unspecified atom stereocenters. The average Bonchev–Trinajstić information content (AvgIpc) is 2.98. The number of hydrogen-bond donors (Lipinski definition) is 1. The number of anilines is 1. The van der Waals surface area contributed by atoms with Crippen molar-refractivity contribution in [3.05, 3.63) is 16.0 Å². The molecule has 0 bridgehead atoms. The summed E-state index contributed by atoms with van der Waals surface area (Å²) in [5.74, 6) is -0.243. The number of carbonyl (C=O) groups is 1. The molecule has 2 aliphatic rings. The molecule has 3 rings (SSSR count). The maximum atomic E-state index is 12.9. The zero-order valence-corrected chi connectivity index (χ0v) is 16.7. The summed E-state index contributed by atoms with van der Waals surface area (Å²) >= 11 is 1.48. The van der Waals surface area contributed by atoms with Gasteiger partial charge in [0, 0.05) is 11.4 Å². The Morgan fingerprint density at radius 2 is 2.08 bits per heavy atom. The Morgan fingerprint density at radius 1 is 1.31 bits per heavy atom. The number of carbonyl (C=O) groups excluding carboxylic acids is 1. The number of piperidine rings is 1. The van der Waals surface area contributed by atoms with Gasteiger partial charge in [-0.25, -0.2) is 8.42 Å². The average molecular weight is 396 g/mol. The molecule has 26 heavy (non-hydrogen) atoms. The SMILES string of the molecule is CCCS(=O)(=O)N1CCCCC1C(=O)Nc1sc2c(c1C#N)CCCC2. The lowest BCUT2D eigenvalue weighted by molar-refractivity contribution is -0.120. The molecule has 0 aromatic carbocycles. The van der Waals surface area contributed by atoms with Crippen LogP contribution >= 0.6 is 11.3 Å². The highest BCUT2D eigenvalue weighted by molar-refractivity contribution is 7.89. The summed E-state index contributed by atoms with van der Waals surface area (Å²) in [5, 5.41) is 13.0. The van der Waals surface area contributed by atoms with Crippen LogP contribution in [0.15, 0.2) is 0 Å². The topological polar surface area (TPSA) is 90.3 Å². The summed E-state index contributed by atoms with van der Waals surface area (Å²) in [7, 11) is -3.43. The van der Waals surface area contributed by atoms with Crippen molar-refractivity contribution in [1.29, 1.82) is 5.26 Å². The monoisotopic (exact) mass is 395 g/mol. The predicted molar refractivity (Wildman–Crippen MR) is 103 cm³/mol. The number of nitrogens with zero attached hydrogens (tertiary/aromatic N) is 2. The minimum absolute atomic E-state index is 0.0630. The molecule has 1 atom stereocenters. The first-order valence-corrected chi connectivity index (χ1v) is 11.8. The van der Waals surface area contributed by atoms with Crippen LogP contribution in [0.4, 0.5) is 5.00 Å². The van der Waals surface area contributed by atoms with Crippen LogP contribution in [0.25, 0.3) is 0 Å². The third kappa shape index (κ3) is 3.80. The highest BCUT2D eigenvalue weighted by atomic mass is 32.2. The van der Waals surface area contributed by atoms with E-state index >= 15 is 0 Å². The molecule has 1 amide bonds. The van der Waals surface area contributed by atoms with Gasteiger partial charge in [0.25, 0.3) is 0 Å². The summed E-state index contributed by atoms with van der Waals surface area (Å²) in [6.07, 6.45) is 6.68. The van der Waals surface area contributed by atoms with E-state index in [0.717, 1.165) is 44.1 Å². The summed E-state index contributed by atoms with van der Waals surface area (Å²) in [6.45, 7) is 2.22. The smallest absolute Gasteiger partial charge is 0.243 e. The molecule has 1 aromatic rings. The van der Waals surface area contributed by atoms with E-state index in [1.54, 1.807) is 0 Å². The molecule has 1 saturated heterocycles. The maximum Gasteiger partial charge on any atom is 0.243 e. The van der Waals surface area contributed by atoms with Crippen molar-refractivity contribution >= 4 is 32.3 Å². The van der Waals surface area contributed by atoms with Crippen molar-refractivity contribution in [3.8, 4) is 6.07 Å². The van der Waals surface area contributed by atoms with Crippen LogP contribution < -0.4 is 5.32 Å². The highest BCUT2D eigenvalue weighted by Crippen LogP contribution is 2.38. The molecule has 0 saturated carbocycles. The molecule has 1 N–H and O–H groups in total. The van der Waals surface area contributed by atoms with E-state index in [-0.39, 0.29) is 11.7 Å². The summed E-state index contributed by atoms with van der Waals surface area (Å²) in [4.78, 5) is 14.1. The van der Waals surface area contributed by atoms with Gasteiger partial charge in [-0.15, -0.1) is 11.3 Å². The Morgan fingerprint density at radius 3 is 2.81 bits per heavy atom. The van der Waals surface area contributed by atoms with Crippen LogP contribution in [-0.4, -0.2) is 37.0 Å². The first-order chi connectivity index (χ1) is 12.5. The third-order valence-corrected chi connectivity index (χ3v) is 8.38. The Hall–Kier alpha value is -1.43. The van der Waals surface area contributed by atoms with E-state index in [9.17, 15) is 18.5 Å². The van der Waals surface area contributed by atoms with E-state index in [2.05, 4.69) is 11.4 Å². The van der Waals surface area contributed by atoms with Gasteiger partial charge in [0.15, 0.2) is 0 Å². The van der Waals surface area contributed by atoms with E-state index < -0.39 is 16.1 Å². The molecule has 1 fully saturated rings. The Labute approximate surface area is 159 Å². The number of nitrogens with one attached hydrogen (secondary N) is 1. The maximum absolute atomic E-state index is 12.9. The Balaban J connectivity index is 1.83. The summed E-state index contributed by atoms with van der Waals surface area (Å²) in [6, 6.07) is 1.56. The lowest BCUT2D eigenvalue weighted by Crippen LogP contribution is -2.50. The van der Waals surface area contributed by atoms with Gasteiger partial charge in [-0.05, 0) is 50.5 Å². The fourth-order valence-corrected chi connectivity index (χ4v) is 6.83. The lowest BCUT2D eigenvalue weighted by Gasteiger charge is -2.33. The van der Waals surface area contributed by atoms with Gasteiger partial charge < -0.3 is 5.32 Å². The highest BCUT2D eigenvalue weighted by Gasteiger charge is 2.36. The van der Waals surface area contributed by atoms with Crippen LogP contribution in [0.1, 0.15) is 61.5 Å². The predicted octanol–water partition coefficient (Wildman–Crippen LogP) is 3.03. The number of amides is 1. The standard InChI is InChI=1S/C18H25N3O3S2/c1-2-11-26(23,24)21-10-6-5-8-15(21)17(22)20-18-14(12-19)13-7-3-4-9-16(13)25-18/h15H,2-11H2,1H3,(H,20,22). The van der Waals surface area contributed by atoms with Gasteiger partial charge in [0.1, 0.15) is 17.1 Å². The lowest BCUT2D eigenvalue weighted by atomic mass is 9.96. The molecule has 0 spiro atoms. The largest absolute Gasteiger partial charge is 0.315 e. The van der Waals surface area contributed by atoms with E-state index in [0.29, 0.717) is 30.0 Å². The quantitative estimate of drug-likeness (QED) is 0.830. The number of fused-ring (bicyclic) bond motifs is 1. The van der Waals surface area contributed by atoms with Crippen molar-refractivity contribution in [2.75, 3.05) is 17.6 Å². The van der Waals surface area contributed by atoms with Gasteiger partial charge >= 0.3 is 0 Å². The number of nitriles is 1. The van der Waals surface area contributed by atoms with Gasteiger partial charge in [0.2, 0.25) is 15.9 Å². The molecule has 0 radical (unpaired) electrons. The van der Waals surface area contributed by atoms with Crippen LogP contribution in [-0.2, 0) is 27.7 Å². The normalized spacial score (nSPS) is 21.0. The van der Waals surface area contributed by atoms with Gasteiger partial charge in [-0.3, -0.25) is 4.79 Å². The minimum Gasteiger partial charge on any atom is -0.315 e. The Kier molecular flexibility index (Phi) is 6.00. The zero-order valence-electron chi connectivity index (χ0n) is 15.1. The van der Waals surface area contributed by atoms with Crippen LogP contribution in [0.5, 0.6) is 0 Å². The molecule has 1 aliphatic carbocycles. The number of hydrogen-bond acceptors (Lipinski definition) is 5. The van der Waals surface area contributed by atoms with Crippen LogP contribution in [0.2, 0.25) is 0 Å². The van der Waals surface area contributed by atoms with Crippen molar-refractivity contribution in [3.63, 3.8) is 0 Å². The Bertz CT molecular complexity index is 823. The summed E-state index contributed by atoms with van der Waals surface area (Å²) < 4.78 is 26.4. The second kappa shape index (κ2) is 8.07. The number of thiophene rings is 1. The molecule has 1 aromatic heterocycles. The fraction of sp³-hybridized carbons (Fsp3) is 0.667. The van der Waals surface area contributed by atoms with Crippen molar-refractivity contribution < 1.29 is 13.2 Å². The summed E-state index contributed by atoms with van der Waals surface area (Å²) in [5.41, 5.74) is 1.63. The molecule has 8 heteroatoms. The van der Waals surface area contributed by atoms with Gasteiger partial charge in [0.05, 0.1) is 11.3 Å². The molecule has 142 valence electrons. The van der Waals surface area contributed by atoms with Crippen molar-refractivity contribution in [1.82, 2.24) is 4.31 Å². The molecule has 2 heterocycles. The number of aryl methyl sites for hydroxylation is 1. The fourth-order valence-electron chi connectivity index (χ4n) is 3.84. The number of rotatable bonds is 5. The molecule has 1 aliphatic heterocycles. The molecular formula is C18H25N3O3S2. The van der Waals surface area contributed by atoms with Crippen LogP contribution in [0, 0.1) is 11.3 Å². The third-order valence-electron chi connectivity index (χ3n) is 5.10. The number of sulfonamides is 1. The minimum atomic E-state index is -3.43. The molecular weight excluding hydrogens is 370 g/mol. The van der Waals surface area contributed by atoms with Crippen molar-refractivity contribution in [2.45, 2.75) is 64.3 Å². The van der Waals surface area contributed by atoms with E-state index in [1.165, 1.54) is 20.5 Å². The van der Waals surface area contributed by atoms with Gasteiger partial charge in [-0.2, -0.15) is 9.57 Å². The van der Waals surface area contributed by atoms with Crippen LogP contribution in [0.3, 0.4) is 0 Å². The van der Waals surface area contributed by atoms with Gasteiger partial charge in [-0.1, -0.05) is 13.3 Å². The first-order valence-electron chi connectivity index (χ1n) is 9.33. The van der Waals surface area contributed by atoms with E-state index in [1.807, 2.05) is 6.92 Å². The second-order valence-electron chi connectivity index (χ2n) is 6.95. The zero-order chi connectivity index (χ0) is 18.7. The van der Waals surface area contributed by atoms with E-state index in [4.69, 9.17) is 0 Å². The van der Waals surface area contributed by atoms with Crippen molar-refractivity contribution in [2.24, 2.45) is 0 Å². The second-order valence-corrected chi connectivity index (χ2v) is 10.1.